The van der Waals surface area contributed by atoms with Gasteiger partial charge in [0, 0.05) is 13.2 Å². The van der Waals surface area contributed by atoms with E-state index in [2.05, 4.69) is 4.98 Å². The molecular weight excluding hydrogens is 220 g/mol. The quantitative estimate of drug-likeness (QED) is 0.546. The Morgan fingerprint density at radius 3 is 2.41 bits per heavy atom. The summed E-state index contributed by atoms with van der Waals surface area (Å²) >= 11 is 0. The zero-order valence-corrected chi connectivity index (χ0v) is 10.4. The number of carbonyl (C=O) groups excluding carboxylic acids is 2. The molecule has 1 heterocycles. The number of likely N-dealkylation sites (N-methyl/N-ethyl adjacent to an activating group) is 1. The van der Waals surface area contributed by atoms with Gasteiger partial charge in [-0.3, -0.25) is 9.69 Å². The number of esters is 1. The molecule has 17 heavy (non-hydrogen) atoms. The zero-order chi connectivity index (χ0) is 13.1. The Morgan fingerprint density at radius 2 is 1.94 bits per heavy atom. The summed E-state index contributed by atoms with van der Waals surface area (Å²) < 4.78 is 4.98. The van der Waals surface area contributed by atoms with Gasteiger partial charge in [0.2, 0.25) is 0 Å². The molecule has 1 rings (SSSR count). The number of hydrogen-bond acceptors (Lipinski definition) is 4. The lowest BCUT2D eigenvalue weighted by molar-refractivity contribution is -0.162. The van der Waals surface area contributed by atoms with Crippen molar-refractivity contribution in [3.05, 3.63) is 24.4 Å². The first-order valence-corrected chi connectivity index (χ1v) is 5.23. The molecule has 0 radical (unpaired) electrons. The minimum atomic E-state index is -0.884. The van der Waals surface area contributed by atoms with Crippen LogP contribution in [0, 0.1) is 0 Å². The molecule has 0 saturated heterocycles. The van der Waals surface area contributed by atoms with Crippen molar-refractivity contribution in [2.24, 2.45) is 0 Å². The Morgan fingerprint density at radius 1 is 1.29 bits per heavy atom. The average molecular weight is 236 g/mol. The largest absolute Gasteiger partial charge is 0.453 e. The summed E-state index contributed by atoms with van der Waals surface area (Å²) in [6.07, 6.45) is 1.55. The Labute approximate surface area is 100 Å². The zero-order valence-electron chi connectivity index (χ0n) is 10.4. The third-order valence-electron chi connectivity index (χ3n) is 1.87. The molecule has 0 aromatic carbocycles. The van der Waals surface area contributed by atoms with Crippen LogP contribution in [0.15, 0.2) is 24.4 Å². The summed E-state index contributed by atoms with van der Waals surface area (Å²) in [6.45, 7) is 5.12. The molecular formula is C12H16N2O3. The third-order valence-corrected chi connectivity index (χ3v) is 1.87. The molecule has 0 aliphatic rings. The highest BCUT2D eigenvalue weighted by Gasteiger charge is 2.26. The SMILES string of the molecule is CN(C(=O)C(=O)OC(C)(C)C)c1ccccn1. The maximum atomic E-state index is 11.7. The first-order chi connectivity index (χ1) is 7.81. The Kier molecular flexibility index (Phi) is 3.83. The summed E-state index contributed by atoms with van der Waals surface area (Å²) in [6, 6.07) is 5.11. The fourth-order valence-electron chi connectivity index (χ4n) is 1.11. The van der Waals surface area contributed by atoms with Gasteiger partial charge in [0.25, 0.3) is 0 Å². The molecule has 5 nitrogen and oxygen atoms in total. The average Bonchev–Trinajstić information content (AvgIpc) is 2.26. The van der Waals surface area contributed by atoms with Crippen LogP contribution in [0.3, 0.4) is 0 Å². The van der Waals surface area contributed by atoms with Gasteiger partial charge in [0.15, 0.2) is 0 Å². The van der Waals surface area contributed by atoms with Gasteiger partial charge in [-0.2, -0.15) is 0 Å². The van der Waals surface area contributed by atoms with Crippen molar-refractivity contribution < 1.29 is 14.3 Å². The van der Waals surface area contributed by atoms with Crippen molar-refractivity contribution in [3.8, 4) is 0 Å². The molecule has 5 heteroatoms. The first-order valence-electron chi connectivity index (χ1n) is 5.23. The Hall–Kier alpha value is -1.91. The fraction of sp³-hybridized carbons (Fsp3) is 0.417. The van der Waals surface area contributed by atoms with E-state index < -0.39 is 17.5 Å². The second-order valence-electron chi connectivity index (χ2n) is 4.55. The smallest absolute Gasteiger partial charge is 0.397 e. The molecule has 1 amide bonds. The van der Waals surface area contributed by atoms with E-state index in [1.54, 1.807) is 45.2 Å². The number of nitrogens with zero attached hydrogens (tertiary/aromatic N) is 2. The highest BCUT2D eigenvalue weighted by Crippen LogP contribution is 2.11. The van der Waals surface area contributed by atoms with E-state index in [9.17, 15) is 9.59 Å². The number of rotatable bonds is 1. The Balaban J connectivity index is 2.74. The van der Waals surface area contributed by atoms with Crippen molar-refractivity contribution in [2.75, 3.05) is 11.9 Å². The predicted molar refractivity (Wildman–Crippen MR) is 63.5 cm³/mol. The lowest BCUT2D eigenvalue weighted by Gasteiger charge is -2.21. The van der Waals surface area contributed by atoms with Crippen molar-refractivity contribution in [1.29, 1.82) is 0 Å². The number of ether oxygens (including phenoxy) is 1. The maximum Gasteiger partial charge on any atom is 0.397 e. The molecule has 0 atom stereocenters. The van der Waals surface area contributed by atoms with E-state index in [0.717, 1.165) is 4.90 Å². The molecule has 1 aromatic heterocycles. The van der Waals surface area contributed by atoms with Crippen LogP contribution in [-0.4, -0.2) is 29.5 Å². The second-order valence-corrected chi connectivity index (χ2v) is 4.55. The number of carbonyl (C=O) groups is 2. The lowest BCUT2D eigenvalue weighted by atomic mass is 10.2. The van der Waals surface area contributed by atoms with Gasteiger partial charge in [-0.05, 0) is 32.9 Å². The van der Waals surface area contributed by atoms with E-state index in [-0.39, 0.29) is 0 Å². The van der Waals surface area contributed by atoms with Gasteiger partial charge < -0.3 is 4.74 Å². The maximum absolute atomic E-state index is 11.7. The van der Waals surface area contributed by atoms with Crippen molar-refractivity contribution in [3.63, 3.8) is 0 Å². The van der Waals surface area contributed by atoms with E-state index in [1.165, 1.54) is 7.05 Å². The van der Waals surface area contributed by atoms with Crippen LogP contribution in [-0.2, 0) is 14.3 Å². The van der Waals surface area contributed by atoms with Gasteiger partial charge in [0.05, 0.1) is 0 Å². The topological polar surface area (TPSA) is 59.5 Å². The van der Waals surface area contributed by atoms with Crippen LogP contribution >= 0.6 is 0 Å². The van der Waals surface area contributed by atoms with Gasteiger partial charge in [-0.1, -0.05) is 6.07 Å². The predicted octanol–water partition coefficient (Wildman–Crippen LogP) is 1.39. The van der Waals surface area contributed by atoms with Crippen LogP contribution in [0.2, 0.25) is 0 Å². The van der Waals surface area contributed by atoms with E-state index in [4.69, 9.17) is 4.74 Å². The monoisotopic (exact) mass is 236 g/mol. The van der Waals surface area contributed by atoms with Gasteiger partial charge in [-0.25, -0.2) is 9.78 Å². The molecule has 0 unspecified atom stereocenters. The summed E-state index contributed by atoms with van der Waals surface area (Å²) in [7, 11) is 1.48. The van der Waals surface area contributed by atoms with Crippen LogP contribution < -0.4 is 4.90 Å². The van der Waals surface area contributed by atoms with E-state index >= 15 is 0 Å². The summed E-state index contributed by atoms with van der Waals surface area (Å²) in [5.41, 5.74) is -0.683. The van der Waals surface area contributed by atoms with Crippen LogP contribution in [0.25, 0.3) is 0 Å². The van der Waals surface area contributed by atoms with Crippen LogP contribution in [0.5, 0.6) is 0 Å². The minimum absolute atomic E-state index is 0.406. The molecule has 0 saturated carbocycles. The number of pyridine rings is 1. The highest BCUT2D eigenvalue weighted by atomic mass is 16.6. The van der Waals surface area contributed by atoms with Crippen LogP contribution in [0.4, 0.5) is 5.82 Å². The van der Waals surface area contributed by atoms with Crippen molar-refractivity contribution in [1.82, 2.24) is 4.98 Å². The van der Waals surface area contributed by atoms with Crippen LogP contribution in [0.1, 0.15) is 20.8 Å². The molecule has 1 aromatic rings. The Bertz CT molecular complexity index is 410. The summed E-state index contributed by atoms with van der Waals surface area (Å²) in [5, 5.41) is 0. The number of amides is 1. The minimum Gasteiger partial charge on any atom is -0.453 e. The summed E-state index contributed by atoms with van der Waals surface area (Å²) in [5.74, 6) is -1.22. The fourth-order valence-corrected chi connectivity index (χ4v) is 1.11. The van der Waals surface area contributed by atoms with Gasteiger partial charge >= 0.3 is 11.9 Å². The number of anilines is 1. The normalized spacial score (nSPS) is 10.8. The molecule has 0 fully saturated rings. The number of aromatic nitrogens is 1. The molecule has 0 spiro atoms. The standard InChI is InChI=1S/C12H16N2O3/c1-12(2,3)17-11(16)10(15)14(4)9-7-5-6-8-13-9/h5-8H,1-4H3. The highest BCUT2D eigenvalue weighted by molar-refractivity contribution is 6.37. The van der Waals surface area contributed by atoms with E-state index in [0.29, 0.717) is 5.82 Å². The first kappa shape index (κ1) is 13.2. The molecule has 0 aliphatic carbocycles. The second kappa shape index (κ2) is 4.95. The van der Waals surface area contributed by atoms with Crippen molar-refractivity contribution >= 4 is 17.7 Å². The summed E-state index contributed by atoms with van der Waals surface area (Å²) in [4.78, 5) is 28.4. The molecule has 0 N–H and O–H groups in total. The third kappa shape index (κ3) is 3.86. The van der Waals surface area contributed by atoms with Gasteiger partial charge in [-0.15, -0.1) is 0 Å². The van der Waals surface area contributed by atoms with E-state index in [1.807, 2.05) is 0 Å². The van der Waals surface area contributed by atoms with Gasteiger partial charge in [0.1, 0.15) is 11.4 Å². The number of hydrogen-bond donors (Lipinski definition) is 0. The molecule has 92 valence electrons. The van der Waals surface area contributed by atoms with Crippen molar-refractivity contribution in [2.45, 2.75) is 26.4 Å². The lowest BCUT2D eigenvalue weighted by Crippen LogP contribution is -2.38. The molecule has 0 bridgehead atoms. The molecule has 0 aliphatic heterocycles.